The quantitative estimate of drug-likeness (QED) is 0.506. The van der Waals surface area contributed by atoms with Gasteiger partial charge >= 0.3 is 0 Å². The summed E-state index contributed by atoms with van der Waals surface area (Å²) in [6, 6.07) is 11.8. The number of furan rings is 1. The van der Waals surface area contributed by atoms with Gasteiger partial charge in [0.15, 0.2) is 10.9 Å². The van der Waals surface area contributed by atoms with Crippen LogP contribution in [0.3, 0.4) is 0 Å². The van der Waals surface area contributed by atoms with Crippen LogP contribution in [0, 0.1) is 0 Å². The summed E-state index contributed by atoms with van der Waals surface area (Å²) in [6.07, 6.45) is 8.00. The molecule has 2 N–H and O–H groups in total. The Labute approximate surface area is 191 Å². The SMILES string of the molecule is CN(Cc1ccccc1NC(=O)Cc1csc(NC(=O)c2ccco2)n1)C1CCCCC1. The van der Waals surface area contributed by atoms with E-state index in [1.165, 1.54) is 49.7 Å². The number of carbonyl (C=O) groups is 2. The van der Waals surface area contributed by atoms with Crippen LogP contribution in [0.2, 0.25) is 0 Å². The fraction of sp³-hybridized carbons (Fsp3) is 0.375. The van der Waals surface area contributed by atoms with Crippen molar-refractivity contribution in [3.05, 3.63) is 65.1 Å². The Hall–Kier alpha value is -2.97. The highest BCUT2D eigenvalue weighted by Gasteiger charge is 2.19. The summed E-state index contributed by atoms with van der Waals surface area (Å²) >= 11 is 1.28. The van der Waals surface area contributed by atoms with Gasteiger partial charge in [-0.3, -0.25) is 19.8 Å². The van der Waals surface area contributed by atoms with Gasteiger partial charge in [0.25, 0.3) is 5.91 Å². The minimum absolute atomic E-state index is 0.132. The number of para-hydroxylation sites is 1. The maximum atomic E-state index is 12.7. The third-order valence-corrected chi connectivity index (χ3v) is 6.57. The average Bonchev–Trinajstić information content (AvgIpc) is 3.48. The molecule has 1 saturated carbocycles. The molecule has 0 unspecified atom stereocenters. The normalized spacial score (nSPS) is 14.4. The second-order valence-corrected chi connectivity index (χ2v) is 9.02. The summed E-state index contributed by atoms with van der Waals surface area (Å²) in [4.78, 5) is 31.5. The number of nitrogens with zero attached hydrogens (tertiary/aromatic N) is 2. The van der Waals surface area contributed by atoms with Crippen molar-refractivity contribution in [3.63, 3.8) is 0 Å². The number of carbonyl (C=O) groups excluding carboxylic acids is 2. The molecule has 4 rings (SSSR count). The Morgan fingerprint density at radius 3 is 2.72 bits per heavy atom. The Kier molecular flexibility index (Phi) is 7.34. The summed E-state index contributed by atoms with van der Waals surface area (Å²) in [5.74, 6) is -0.280. The number of aromatic nitrogens is 1. The van der Waals surface area contributed by atoms with Crippen LogP contribution in [0.1, 0.15) is 53.9 Å². The third-order valence-electron chi connectivity index (χ3n) is 5.77. The zero-order chi connectivity index (χ0) is 22.3. The van der Waals surface area contributed by atoms with Crippen LogP contribution in [-0.2, 0) is 17.8 Å². The second-order valence-electron chi connectivity index (χ2n) is 8.16. The highest BCUT2D eigenvalue weighted by atomic mass is 32.1. The molecule has 0 spiro atoms. The lowest BCUT2D eigenvalue weighted by molar-refractivity contribution is -0.115. The highest BCUT2D eigenvalue weighted by molar-refractivity contribution is 7.14. The van der Waals surface area contributed by atoms with Gasteiger partial charge < -0.3 is 9.73 Å². The lowest BCUT2D eigenvalue weighted by Gasteiger charge is -2.31. The summed E-state index contributed by atoms with van der Waals surface area (Å²) < 4.78 is 5.08. The van der Waals surface area contributed by atoms with Crippen LogP contribution in [0.5, 0.6) is 0 Å². The minimum atomic E-state index is -0.364. The first kappa shape index (κ1) is 22.2. The number of rotatable bonds is 8. The van der Waals surface area contributed by atoms with Gasteiger partial charge in [0, 0.05) is 23.7 Å². The lowest BCUT2D eigenvalue weighted by Crippen LogP contribution is -2.33. The smallest absolute Gasteiger partial charge is 0.293 e. The highest BCUT2D eigenvalue weighted by Crippen LogP contribution is 2.25. The Balaban J connectivity index is 1.33. The molecule has 1 aliphatic carbocycles. The second kappa shape index (κ2) is 10.6. The van der Waals surface area contributed by atoms with E-state index >= 15 is 0 Å². The number of hydrogen-bond donors (Lipinski definition) is 2. The van der Waals surface area contributed by atoms with Crippen LogP contribution in [-0.4, -0.2) is 34.8 Å². The standard InChI is InChI=1S/C24H28N4O3S/c1-28(19-9-3-2-4-10-19)15-17-8-5-6-11-20(17)26-22(29)14-18-16-32-24(25-18)27-23(30)21-12-7-13-31-21/h5-8,11-13,16,19H,2-4,9-10,14-15H2,1H3,(H,26,29)(H,25,27,30). The Morgan fingerprint density at radius 1 is 1.12 bits per heavy atom. The van der Waals surface area contributed by atoms with Crippen LogP contribution in [0.15, 0.2) is 52.5 Å². The molecule has 1 fully saturated rings. The number of amides is 2. The predicted octanol–water partition coefficient (Wildman–Crippen LogP) is 4.93. The largest absolute Gasteiger partial charge is 0.459 e. The molecule has 2 heterocycles. The number of nitrogens with one attached hydrogen (secondary N) is 2. The zero-order valence-electron chi connectivity index (χ0n) is 18.2. The van der Waals surface area contributed by atoms with Crippen LogP contribution < -0.4 is 10.6 Å². The number of thiazole rings is 1. The van der Waals surface area contributed by atoms with Gasteiger partial charge in [0.1, 0.15) is 0 Å². The van der Waals surface area contributed by atoms with Gasteiger partial charge in [0.2, 0.25) is 5.91 Å². The van der Waals surface area contributed by atoms with Gasteiger partial charge in [-0.1, -0.05) is 37.5 Å². The van der Waals surface area contributed by atoms with Crippen molar-refractivity contribution in [2.75, 3.05) is 17.7 Å². The van der Waals surface area contributed by atoms with Crippen molar-refractivity contribution in [3.8, 4) is 0 Å². The minimum Gasteiger partial charge on any atom is -0.459 e. The molecule has 2 amide bonds. The van der Waals surface area contributed by atoms with E-state index in [-0.39, 0.29) is 24.0 Å². The summed E-state index contributed by atoms with van der Waals surface area (Å²) in [5.41, 5.74) is 2.55. The van der Waals surface area contributed by atoms with Crippen molar-refractivity contribution in [2.45, 2.75) is 51.1 Å². The van der Waals surface area contributed by atoms with Crippen molar-refractivity contribution in [2.24, 2.45) is 0 Å². The van der Waals surface area contributed by atoms with Crippen LogP contribution in [0.25, 0.3) is 0 Å². The number of anilines is 2. The molecule has 0 saturated heterocycles. The van der Waals surface area contributed by atoms with E-state index in [9.17, 15) is 9.59 Å². The van der Waals surface area contributed by atoms with E-state index in [0.717, 1.165) is 17.8 Å². The Morgan fingerprint density at radius 2 is 1.94 bits per heavy atom. The molecule has 0 aliphatic heterocycles. The molecule has 3 aromatic rings. The first-order valence-corrected chi connectivity index (χ1v) is 11.8. The van der Waals surface area contributed by atoms with E-state index in [1.807, 2.05) is 18.2 Å². The first-order valence-electron chi connectivity index (χ1n) is 11.0. The predicted molar refractivity (Wildman–Crippen MR) is 126 cm³/mol. The van der Waals surface area contributed by atoms with Crippen LogP contribution >= 0.6 is 11.3 Å². The molecule has 1 aliphatic rings. The van der Waals surface area contributed by atoms with Crippen molar-refractivity contribution >= 4 is 34.0 Å². The fourth-order valence-electron chi connectivity index (χ4n) is 4.07. The number of hydrogen-bond acceptors (Lipinski definition) is 6. The fourth-order valence-corrected chi connectivity index (χ4v) is 4.78. The van der Waals surface area contributed by atoms with Gasteiger partial charge in [-0.25, -0.2) is 4.98 Å². The van der Waals surface area contributed by atoms with Crippen molar-refractivity contribution in [1.29, 1.82) is 0 Å². The molecular weight excluding hydrogens is 424 g/mol. The van der Waals surface area contributed by atoms with E-state index < -0.39 is 0 Å². The molecule has 8 heteroatoms. The summed E-state index contributed by atoms with van der Waals surface area (Å²) in [5, 5.41) is 7.94. The summed E-state index contributed by atoms with van der Waals surface area (Å²) in [6.45, 7) is 0.806. The van der Waals surface area contributed by atoms with Crippen LogP contribution in [0.4, 0.5) is 10.8 Å². The molecule has 0 bridgehead atoms. The molecule has 32 heavy (non-hydrogen) atoms. The molecule has 168 valence electrons. The number of benzene rings is 1. The molecule has 1 aromatic carbocycles. The van der Waals surface area contributed by atoms with Gasteiger partial charge in [-0.05, 0) is 43.7 Å². The van der Waals surface area contributed by atoms with Crippen molar-refractivity contribution < 1.29 is 14.0 Å². The maximum Gasteiger partial charge on any atom is 0.293 e. The molecule has 2 aromatic heterocycles. The van der Waals surface area contributed by atoms with E-state index in [4.69, 9.17) is 4.42 Å². The van der Waals surface area contributed by atoms with Gasteiger partial charge in [-0.15, -0.1) is 11.3 Å². The Bertz CT molecular complexity index is 1040. The molecule has 7 nitrogen and oxygen atoms in total. The lowest BCUT2D eigenvalue weighted by atomic mass is 9.94. The first-order chi connectivity index (χ1) is 15.6. The van der Waals surface area contributed by atoms with Crippen molar-refractivity contribution in [1.82, 2.24) is 9.88 Å². The zero-order valence-corrected chi connectivity index (χ0v) is 19.0. The van der Waals surface area contributed by atoms with Gasteiger partial charge in [0.05, 0.1) is 18.4 Å². The molecule has 0 atom stereocenters. The molecular formula is C24H28N4O3S. The third kappa shape index (κ3) is 5.83. The maximum absolute atomic E-state index is 12.7. The molecule has 0 radical (unpaired) electrons. The van der Waals surface area contributed by atoms with Gasteiger partial charge in [-0.2, -0.15) is 0 Å². The average molecular weight is 453 g/mol. The van der Waals surface area contributed by atoms with E-state index in [1.54, 1.807) is 17.5 Å². The van der Waals surface area contributed by atoms with E-state index in [2.05, 4.69) is 33.6 Å². The monoisotopic (exact) mass is 452 g/mol. The topological polar surface area (TPSA) is 87.5 Å². The summed E-state index contributed by atoms with van der Waals surface area (Å²) in [7, 11) is 2.17. The van der Waals surface area contributed by atoms with E-state index in [0.29, 0.717) is 16.9 Å².